The summed E-state index contributed by atoms with van der Waals surface area (Å²) in [6.45, 7) is 9.42. The van der Waals surface area contributed by atoms with Gasteiger partial charge in [-0.25, -0.2) is 9.37 Å². The minimum absolute atomic E-state index is 0.128. The maximum Gasteiger partial charge on any atom is 0.237 e. The van der Waals surface area contributed by atoms with E-state index in [9.17, 15) is 9.18 Å². The highest BCUT2D eigenvalue weighted by atomic mass is 32.2. The molecule has 1 aromatic carbocycles. The Morgan fingerprint density at radius 3 is 2.59 bits per heavy atom. The molecule has 0 saturated carbocycles. The average molecular weight is 389 g/mol. The van der Waals surface area contributed by atoms with Crippen molar-refractivity contribution >= 4 is 23.4 Å². The van der Waals surface area contributed by atoms with E-state index >= 15 is 0 Å². The van der Waals surface area contributed by atoms with Gasteiger partial charge in [-0.15, -0.1) is 0 Å². The molecule has 2 rings (SSSR count). The van der Waals surface area contributed by atoms with Crippen molar-refractivity contribution in [2.75, 3.05) is 17.2 Å². The molecule has 27 heavy (non-hydrogen) atoms. The van der Waals surface area contributed by atoms with Crippen molar-refractivity contribution < 1.29 is 9.18 Å². The third kappa shape index (κ3) is 5.57. The van der Waals surface area contributed by atoms with Gasteiger partial charge in [-0.2, -0.15) is 5.26 Å². The Hall–Kier alpha value is -2.33. The lowest BCUT2D eigenvalue weighted by Gasteiger charge is -2.22. The molecule has 0 aliphatic carbocycles. The van der Waals surface area contributed by atoms with Crippen LogP contribution in [0.5, 0.6) is 0 Å². The molecule has 0 spiro atoms. The van der Waals surface area contributed by atoms with Crippen LogP contribution in [-0.2, 0) is 11.3 Å². The maximum atomic E-state index is 13.2. The summed E-state index contributed by atoms with van der Waals surface area (Å²) in [6.07, 6.45) is 0.216. The standard InChI is InChI=1S/C20H25FN4OS/c1-14(2)12-25-16(4)15(3)23-20(25)27-13-19(26)24(11-5-10-22)18-8-6-17(21)7-9-18/h6-9,14H,5,11-13H2,1-4H3. The van der Waals surface area contributed by atoms with Crippen molar-refractivity contribution in [1.29, 1.82) is 5.26 Å². The smallest absolute Gasteiger partial charge is 0.237 e. The molecule has 0 atom stereocenters. The molecule has 1 amide bonds. The number of halogens is 1. The predicted molar refractivity (Wildman–Crippen MR) is 106 cm³/mol. The summed E-state index contributed by atoms with van der Waals surface area (Å²) >= 11 is 1.40. The molecule has 0 N–H and O–H groups in total. The zero-order valence-electron chi connectivity index (χ0n) is 16.2. The van der Waals surface area contributed by atoms with E-state index in [2.05, 4.69) is 29.5 Å². The molecular formula is C20H25FN4OS. The molecule has 0 saturated heterocycles. The molecule has 2 aromatic rings. The predicted octanol–water partition coefficient (Wildman–Crippen LogP) is 4.33. The highest BCUT2D eigenvalue weighted by molar-refractivity contribution is 7.99. The number of hydrogen-bond acceptors (Lipinski definition) is 4. The maximum absolute atomic E-state index is 13.2. The minimum atomic E-state index is -0.359. The zero-order chi connectivity index (χ0) is 20.0. The Kier molecular flexibility index (Phi) is 7.43. The first-order valence-corrected chi connectivity index (χ1v) is 9.91. The van der Waals surface area contributed by atoms with Crippen LogP contribution in [0.3, 0.4) is 0 Å². The number of aromatic nitrogens is 2. The van der Waals surface area contributed by atoms with E-state index in [-0.39, 0.29) is 30.4 Å². The van der Waals surface area contributed by atoms with Crippen LogP contribution in [0.1, 0.15) is 31.7 Å². The van der Waals surface area contributed by atoms with Crippen LogP contribution < -0.4 is 4.90 Å². The van der Waals surface area contributed by atoms with Gasteiger partial charge in [0.25, 0.3) is 0 Å². The Balaban J connectivity index is 2.15. The van der Waals surface area contributed by atoms with Crippen LogP contribution in [0.15, 0.2) is 29.4 Å². The average Bonchev–Trinajstić information content (AvgIpc) is 2.89. The number of imidazole rings is 1. The van der Waals surface area contributed by atoms with Crippen LogP contribution in [0.4, 0.5) is 10.1 Å². The molecule has 5 nitrogen and oxygen atoms in total. The van der Waals surface area contributed by atoms with E-state index in [1.807, 2.05) is 13.8 Å². The summed E-state index contributed by atoms with van der Waals surface area (Å²) < 4.78 is 15.3. The summed E-state index contributed by atoms with van der Waals surface area (Å²) in [5, 5.41) is 9.71. The van der Waals surface area contributed by atoms with Gasteiger partial charge in [0.2, 0.25) is 5.91 Å². The first kappa shape index (κ1) is 21.0. The van der Waals surface area contributed by atoms with Crippen LogP contribution in [0.2, 0.25) is 0 Å². The molecule has 0 bridgehead atoms. The van der Waals surface area contributed by atoms with Gasteiger partial charge < -0.3 is 9.47 Å². The largest absolute Gasteiger partial charge is 0.323 e. The van der Waals surface area contributed by atoms with Crippen LogP contribution in [-0.4, -0.2) is 27.8 Å². The molecule has 1 aromatic heterocycles. The second-order valence-electron chi connectivity index (χ2n) is 6.79. The quantitative estimate of drug-likeness (QED) is 0.631. The van der Waals surface area contributed by atoms with Crippen molar-refractivity contribution in [2.24, 2.45) is 5.92 Å². The van der Waals surface area contributed by atoms with Crippen molar-refractivity contribution in [3.63, 3.8) is 0 Å². The lowest BCUT2D eigenvalue weighted by atomic mass is 10.2. The molecule has 0 radical (unpaired) electrons. The highest BCUT2D eigenvalue weighted by Crippen LogP contribution is 2.24. The van der Waals surface area contributed by atoms with Gasteiger partial charge in [0.1, 0.15) is 5.82 Å². The van der Waals surface area contributed by atoms with Crippen LogP contribution in [0, 0.1) is 36.9 Å². The number of amides is 1. The molecule has 0 aliphatic heterocycles. The summed E-state index contributed by atoms with van der Waals surface area (Å²) in [5.74, 6) is 0.189. The number of nitriles is 1. The number of aryl methyl sites for hydroxylation is 1. The fourth-order valence-electron chi connectivity index (χ4n) is 2.70. The van der Waals surface area contributed by atoms with Crippen molar-refractivity contribution in [2.45, 2.75) is 45.8 Å². The molecule has 7 heteroatoms. The molecule has 0 aliphatic rings. The second-order valence-corrected chi connectivity index (χ2v) is 7.73. The second kappa shape index (κ2) is 9.56. The van der Waals surface area contributed by atoms with Gasteiger partial charge in [0, 0.05) is 24.5 Å². The number of carbonyl (C=O) groups excluding carboxylic acids is 1. The van der Waals surface area contributed by atoms with Crippen molar-refractivity contribution in [3.8, 4) is 6.07 Å². The van der Waals surface area contributed by atoms with Gasteiger partial charge in [-0.05, 0) is 44.0 Å². The number of anilines is 1. The van der Waals surface area contributed by atoms with Gasteiger partial charge >= 0.3 is 0 Å². The van der Waals surface area contributed by atoms with Crippen molar-refractivity contribution in [3.05, 3.63) is 41.5 Å². The minimum Gasteiger partial charge on any atom is -0.323 e. The van der Waals surface area contributed by atoms with Crippen LogP contribution >= 0.6 is 11.8 Å². The van der Waals surface area contributed by atoms with E-state index in [0.717, 1.165) is 23.1 Å². The van der Waals surface area contributed by atoms with Gasteiger partial charge in [-0.3, -0.25) is 4.79 Å². The molecular weight excluding hydrogens is 363 g/mol. The fraction of sp³-hybridized carbons (Fsp3) is 0.450. The lowest BCUT2D eigenvalue weighted by molar-refractivity contribution is -0.116. The normalized spacial score (nSPS) is 10.9. The SMILES string of the molecule is Cc1nc(SCC(=O)N(CCC#N)c2ccc(F)cc2)n(CC(C)C)c1C. The topological polar surface area (TPSA) is 61.9 Å². The van der Waals surface area contributed by atoms with E-state index in [0.29, 0.717) is 11.6 Å². The lowest BCUT2D eigenvalue weighted by Crippen LogP contribution is -2.33. The molecule has 1 heterocycles. The Labute approximate surface area is 164 Å². The third-order valence-corrected chi connectivity index (χ3v) is 5.14. The Morgan fingerprint density at radius 2 is 2.00 bits per heavy atom. The fourth-order valence-corrected chi connectivity index (χ4v) is 3.68. The summed E-state index contributed by atoms with van der Waals surface area (Å²) in [4.78, 5) is 18.9. The Morgan fingerprint density at radius 1 is 1.33 bits per heavy atom. The monoisotopic (exact) mass is 388 g/mol. The molecule has 144 valence electrons. The summed E-state index contributed by atoms with van der Waals surface area (Å²) in [5.41, 5.74) is 2.67. The van der Waals surface area contributed by atoms with Gasteiger partial charge in [0.15, 0.2) is 5.16 Å². The van der Waals surface area contributed by atoms with E-state index in [4.69, 9.17) is 5.26 Å². The number of hydrogen-bond donors (Lipinski definition) is 0. The van der Waals surface area contributed by atoms with Gasteiger partial charge in [-0.1, -0.05) is 25.6 Å². The number of thioether (sulfide) groups is 1. The highest BCUT2D eigenvalue weighted by Gasteiger charge is 2.19. The van der Waals surface area contributed by atoms with Crippen LogP contribution in [0.25, 0.3) is 0 Å². The summed E-state index contributed by atoms with van der Waals surface area (Å²) in [6, 6.07) is 7.81. The van der Waals surface area contributed by atoms with Crippen molar-refractivity contribution in [1.82, 2.24) is 9.55 Å². The number of benzene rings is 1. The number of carbonyl (C=O) groups is 1. The molecule has 0 fully saturated rings. The number of nitrogens with zero attached hydrogens (tertiary/aromatic N) is 4. The van der Waals surface area contributed by atoms with E-state index in [1.165, 1.54) is 28.8 Å². The zero-order valence-corrected chi connectivity index (χ0v) is 17.0. The molecule has 0 unspecified atom stereocenters. The Bertz CT molecular complexity index is 824. The van der Waals surface area contributed by atoms with Gasteiger partial charge in [0.05, 0.1) is 23.9 Å². The first-order chi connectivity index (χ1) is 12.8. The summed E-state index contributed by atoms with van der Waals surface area (Å²) in [7, 11) is 0. The first-order valence-electron chi connectivity index (χ1n) is 8.93. The third-order valence-electron chi connectivity index (χ3n) is 4.18. The van der Waals surface area contributed by atoms with E-state index in [1.54, 1.807) is 12.1 Å². The van der Waals surface area contributed by atoms with E-state index < -0.39 is 0 Å². The number of rotatable bonds is 8.